The van der Waals surface area contributed by atoms with Crippen LogP contribution in [0.2, 0.25) is 0 Å². The largest absolute Gasteiger partial charge is 0.330 e. The average molecular weight is 264 g/mol. The number of piperidine rings is 1. The Morgan fingerprint density at radius 3 is 2.32 bits per heavy atom. The molecule has 0 aromatic carbocycles. The van der Waals surface area contributed by atoms with Crippen molar-refractivity contribution >= 4 is 0 Å². The fourth-order valence-corrected chi connectivity index (χ4v) is 5.09. The molecule has 19 heavy (non-hydrogen) atoms. The van der Waals surface area contributed by atoms with E-state index in [0.29, 0.717) is 0 Å². The van der Waals surface area contributed by atoms with Gasteiger partial charge in [-0.3, -0.25) is 4.90 Å². The maximum Gasteiger partial charge on any atom is 0.0124 e. The van der Waals surface area contributed by atoms with Gasteiger partial charge in [-0.15, -0.1) is 0 Å². The predicted octanol–water partition coefficient (Wildman–Crippen LogP) is 3.41. The van der Waals surface area contributed by atoms with Crippen molar-refractivity contribution in [2.24, 2.45) is 23.5 Å². The monoisotopic (exact) mass is 264 g/mol. The molecule has 3 aliphatic rings. The number of hydrogen-bond donors (Lipinski definition) is 1. The van der Waals surface area contributed by atoms with Crippen LogP contribution in [0, 0.1) is 17.8 Å². The molecule has 0 bridgehead atoms. The Morgan fingerprint density at radius 2 is 1.47 bits per heavy atom. The third-order valence-corrected chi connectivity index (χ3v) is 6.20. The minimum absolute atomic E-state index is 0.817. The first-order valence-corrected chi connectivity index (χ1v) is 8.82. The zero-order chi connectivity index (χ0) is 13.1. The standard InChI is InChI=1S/C17H32N2/c18-12-15-7-1-2-8-16(15)13-19-11-5-9-14-6-3-4-10-17(14)19/h14-17H,1-13,18H2/t14-,15?,16?,17-/m1/s1. The molecule has 2 N–H and O–H groups in total. The molecule has 2 nitrogen and oxygen atoms in total. The van der Waals surface area contributed by atoms with Gasteiger partial charge in [0.1, 0.15) is 0 Å². The molecule has 0 spiro atoms. The van der Waals surface area contributed by atoms with Crippen molar-refractivity contribution in [2.45, 2.75) is 70.3 Å². The number of nitrogens with zero attached hydrogens (tertiary/aromatic N) is 1. The topological polar surface area (TPSA) is 29.3 Å². The van der Waals surface area contributed by atoms with Crippen LogP contribution in [-0.2, 0) is 0 Å². The van der Waals surface area contributed by atoms with Crippen LogP contribution in [0.4, 0.5) is 0 Å². The zero-order valence-electron chi connectivity index (χ0n) is 12.5. The normalized spacial score (nSPS) is 40.9. The molecule has 0 aromatic rings. The Morgan fingerprint density at radius 1 is 0.789 bits per heavy atom. The Labute approximate surface area is 119 Å². The summed E-state index contributed by atoms with van der Waals surface area (Å²) in [4.78, 5) is 2.88. The molecule has 3 rings (SSSR count). The molecule has 0 radical (unpaired) electrons. The Balaban J connectivity index is 1.60. The minimum Gasteiger partial charge on any atom is -0.330 e. The molecule has 1 heterocycles. The third-order valence-electron chi connectivity index (χ3n) is 6.20. The van der Waals surface area contributed by atoms with Crippen LogP contribution in [0.5, 0.6) is 0 Å². The van der Waals surface area contributed by atoms with E-state index in [2.05, 4.69) is 4.90 Å². The fourth-order valence-electron chi connectivity index (χ4n) is 5.09. The van der Waals surface area contributed by atoms with E-state index < -0.39 is 0 Å². The maximum atomic E-state index is 6.01. The summed E-state index contributed by atoms with van der Waals surface area (Å²) >= 11 is 0. The van der Waals surface area contributed by atoms with E-state index >= 15 is 0 Å². The van der Waals surface area contributed by atoms with Crippen LogP contribution in [0.15, 0.2) is 0 Å². The summed E-state index contributed by atoms with van der Waals surface area (Å²) in [6.45, 7) is 3.66. The van der Waals surface area contributed by atoms with Gasteiger partial charge < -0.3 is 5.73 Å². The van der Waals surface area contributed by atoms with Gasteiger partial charge in [0.25, 0.3) is 0 Å². The molecular weight excluding hydrogens is 232 g/mol. The summed E-state index contributed by atoms with van der Waals surface area (Å²) in [5.41, 5.74) is 6.01. The third kappa shape index (κ3) is 3.16. The van der Waals surface area contributed by atoms with Crippen LogP contribution in [0.25, 0.3) is 0 Å². The summed E-state index contributed by atoms with van der Waals surface area (Å²) in [6.07, 6.45) is 14.6. The summed E-state index contributed by atoms with van der Waals surface area (Å²) in [7, 11) is 0. The van der Waals surface area contributed by atoms with Crippen molar-refractivity contribution < 1.29 is 0 Å². The highest BCUT2D eigenvalue weighted by molar-refractivity contribution is 4.89. The smallest absolute Gasteiger partial charge is 0.0124 e. The molecule has 1 saturated heterocycles. The van der Waals surface area contributed by atoms with Gasteiger partial charge in [0.15, 0.2) is 0 Å². The van der Waals surface area contributed by atoms with Crippen molar-refractivity contribution in [1.82, 2.24) is 4.90 Å². The Kier molecular flexibility index (Phi) is 4.81. The predicted molar refractivity (Wildman–Crippen MR) is 81.1 cm³/mol. The maximum absolute atomic E-state index is 6.01. The quantitative estimate of drug-likeness (QED) is 0.846. The second-order valence-corrected chi connectivity index (χ2v) is 7.29. The van der Waals surface area contributed by atoms with E-state index in [1.54, 1.807) is 0 Å². The molecule has 4 atom stereocenters. The van der Waals surface area contributed by atoms with Gasteiger partial charge in [-0.2, -0.15) is 0 Å². The molecule has 2 saturated carbocycles. The molecular formula is C17H32N2. The van der Waals surface area contributed by atoms with Crippen LogP contribution in [0.1, 0.15) is 64.2 Å². The number of rotatable bonds is 3. The lowest BCUT2D eigenvalue weighted by Gasteiger charge is -2.46. The van der Waals surface area contributed by atoms with Crippen molar-refractivity contribution in [3.8, 4) is 0 Å². The lowest BCUT2D eigenvalue weighted by molar-refractivity contribution is 0.0328. The summed E-state index contributed by atoms with van der Waals surface area (Å²) in [6, 6.07) is 0.933. The summed E-state index contributed by atoms with van der Waals surface area (Å²) < 4.78 is 0. The second kappa shape index (κ2) is 6.58. The lowest BCUT2D eigenvalue weighted by atomic mass is 9.75. The number of nitrogens with two attached hydrogens (primary N) is 1. The minimum atomic E-state index is 0.817. The highest BCUT2D eigenvalue weighted by Gasteiger charge is 2.35. The average Bonchev–Trinajstić information content (AvgIpc) is 2.48. The van der Waals surface area contributed by atoms with Crippen molar-refractivity contribution in [2.75, 3.05) is 19.6 Å². The van der Waals surface area contributed by atoms with E-state index in [0.717, 1.165) is 30.3 Å². The van der Waals surface area contributed by atoms with E-state index in [1.807, 2.05) is 0 Å². The number of hydrogen-bond acceptors (Lipinski definition) is 2. The van der Waals surface area contributed by atoms with Gasteiger partial charge in [0, 0.05) is 12.6 Å². The molecule has 2 heteroatoms. The first kappa shape index (κ1) is 13.9. The Hall–Kier alpha value is -0.0800. The summed E-state index contributed by atoms with van der Waals surface area (Å²) in [5.74, 6) is 2.75. The lowest BCUT2D eigenvalue weighted by Crippen LogP contribution is -2.49. The van der Waals surface area contributed by atoms with Gasteiger partial charge in [-0.1, -0.05) is 25.7 Å². The first-order valence-electron chi connectivity index (χ1n) is 8.82. The highest BCUT2D eigenvalue weighted by atomic mass is 15.2. The van der Waals surface area contributed by atoms with E-state index in [1.165, 1.54) is 77.3 Å². The van der Waals surface area contributed by atoms with Crippen molar-refractivity contribution in [3.63, 3.8) is 0 Å². The van der Waals surface area contributed by atoms with Gasteiger partial charge in [0.05, 0.1) is 0 Å². The van der Waals surface area contributed by atoms with Gasteiger partial charge in [-0.25, -0.2) is 0 Å². The van der Waals surface area contributed by atoms with E-state index in [-0.39, 0.29) is 0 Å². The molecule has 2 aliphatic carbocycles. The number of likely N-dealkylation sites (tertiary alicyclic amines) is 1. The van der Waals surface area contributed by atoms with Crippen molar-refractivity contribution in [1.29, 1.82) is 0 Å². The first-order chi connectivity index (χ1) is 9.38. The van der Waals surface area contributed by atoms with E-state index in [4.69, 9.17) is 5.73 Å². The number of fused-ring (bicyclic) bond motifs is 1. The second-order valence-electron chi connectivity index (χ2n) is 7.29. The summed E-state index contributed by atoms with van der Waals surface area (Å²) in [5, 5.41) is 0. The van der Waals surface area contributed by atoms with E-state index in [9.17, 15) is 0 Å². The van der Waals surface area contributed by atoms with Gasteiger partial charge in [-0.05, 0) is 69.4 Å². The van der Waals surface area contributed by atoms with Crippen LogP contribution < -0.4 is 5.73 Å². The molecule has 0 aromatic heterocycles. The van der Waals surface area contributed by atoms with Crippen LogP contribution >= 0.6 is 0 Å². The molecule has 1 aliphatic heterocycles. The highest BCUT2D eigenvalue weighted by Crippen LogP contribution is 2.37. The van der Waals surface area contributed by atoms with Gasteiger partial charge >= 0.3 is 0 Å². The van der Waals surface area contributed by atoms with Crippen LogP contribution in [-0.4, -0.2) is 30.6 Å². The molecule has 3 fully saturated rings. The SMILES string of the molecule is NCC1CCCCC1CN1CCC[C@H]2CCCC[C@H]21. The zero-order valence-corrected chi connectivity index (χ0v) is 12.5. The van der Waals surface area contributed by atoms with Crippen molar-refractivity contribution in [3.05, 3.63) is 0 Å². The molecule has 110 valence electrons. The fraction of sp³-hybridized carbons (Fsp3) is 1.00. The molecule has 0 amide bonds. The van der Waals surface area contributed by atoms with Crippen LogP contribution in [0.3, 0.4) is 0 Å². The van der Waals surface area contributed by atoms with Gasteiger partial charge in [0.2, 0.25) is 0 Å². The Bertz CT molecular complexity index is 276. The molecule has 2 unspecified atom stereocenters.